The SMILES string of the molecule is NCC1CCCCN1Cc1cnc2ccccc2c1. The van der Waals surface area contributed by atoms with Gasteiger partial charge in [-0.3, -0.25) is 9.88 Å². The molecule has 1 fully saturated rings. The number of hydrogen-bond acceptors (Lipinski definition) is 3. The zero-order valence-corrected chi connectivity index (χ0v) is 11.3. The van der Waals surface area contributed by atoms with Crippen molar-refractivity contribution in [3.05, 3.63) is 42.1 Å². The lowest BCUT2D eigenvalue weighted by Gasteiger charge is -2.34. The summed E-state index contributed by atoms with van der Waals surface area (Å²) in [6.07, 6.45) is 5.84. The number of aromatic nitrogens is 1. The van der Waals surface area contributed by atoms with Gasteiger partial charge in [-0.1, -0.05) is 24.6 Å². The van der Waals surface area contributed by atoms with Crippen LogP contribution in [0.25, 0.3) is 10.9 Å². The van der Waals surface area contributed by atoms with Gasteiger partial charge in [0.15, 0.2) is 0 Å². The predicted molar refractivity (Wildman–Crippen MR) is 78.8 cm³/mol. The van der Waals surface area contributed by atoms with Crippen LogP contribution in [0.3, 0.4) is 0 Å². The van der Waals surface area contributed by atoms with E-state index in [1.165, 1.54) is 30.2 Å². The Bertz CT molecular complexity index is 552. The third-order valence-corrected chi connectivity index (χ3v) is 4.05. The molecule has 2 aromatic rings. The Balaban J connectivity index is 1.80. The number of nitrogens with two attached hydrogens (primary N) is 1. The Morgan fingerprint density at radius 2 is 2.16 bits per heavy atom. The average Bonchev–Trinajstić information content (AvgIpc) is 2.48. The molecule has 3 nitrogen and oxygen atoms in total. The minimum Gasteiger partial charge on any atom is -0.329 e. The van der Waals surface area contributed by atoms with Crippen LogP contribution in [-0.2, 0) is 6.54 Å². The van der Waals surface area contributed by atoms with Crippen LogP contribution in [0.2, 0.25) is 0 Å². The number of para-hydroxylation sites is 1. The van der Waals surface area contributed by atoms with E-state index in [1.807, 2.05) is 12.3 Å². The molecule has 100 valence electrons. The van der Waals surface area contributed by atoms with Gasteiger partial charge in [0.05, 0.1) is 5.52 Å². The fraction of sp³-hybridized carbons (Fsp3) is 0.438. The number of piperidine rings is 1. The molecule has 1 unspecified atom stereocenters. The molecule has 3 rings (SSSR count). The molecule has 0 aliphatic carbocycles. The molecule has 2 heterocycles. The van der Waals surface area contributed by atoms with E-state index in [9.17, 15) is 0 Å². The summed E-state index contributed by atoms with van der Waals surface area (Å²) in [7, 11) is 0. The van der Waals surface area contributed by atoms with Crippen LogP contribution in [0.4, 0.5) is 0 Å². The molecule has 3 heteroatoms. The lowest BCUT2D eigenvalue weighted by molar-refractivity contribution is 0.145. The Labute approximate surface area is 114 Å². The molecule has 0 bridgehead atoms. The smallest absolute Gasteiger partial charge is 0.0702 e. The van der Waals surface area contributed by atoms with Crippen LogP contribution in [0.15, 0.2) is 36.5 Å². The molecule has 1 aromatic heterocycles. The predicted octanol–water partition coefficient (Wildman–Crippen LogP) is 2.55. The first-order valence-electron chi connectivity index (χ1n) is 7.14. The van der Waals surface area contributed by atoms with Crippen LogP contribution in [0, 0.1) is 0 Å². The minimum absolute atomic E-state index is 0.542. The Kier molecular flexibility index (Phi) is 3.76. The summed E-state index contributed by atoms with van der Waals surface area (Å²) in [4.78, 5) is 7.05. The van der Waals surface area contributed by atoms with Crippen molar-refractivity contribution in [3.8, 4) is 0 Å². The van der Waals surface area contributed by atoms with Gasteiger partial charge in [0.25, 0.3) is 0 Å². The highest BCUT2D eigenvalue weighted by Crippen LogP contribution is 2.20. The highest BCUT2D eigenvalue weighted by atomic mass is 15.2. The molecule has 0 radical (unpaired) electrons. The third kappa shape index (κ3) is 2.77. The molecule has 19 heavy (non-hydrogen) atoms. The quantitative estimate of drug-likeness (QED) is 0.916. The monoisotopic (exact) mass is 255 g/mol. The molecular weight excluding hydrogens is 234 g/mol. The Hall–Kier alpha value is -1.45. The van der Waals surface area contributed by atoms with E-state index in [1.54, 1.807) is 0 Å². The normalized spacial score (nSPS) is 20.8. The maximum atomic E-state index is 5.88. The number of hydrogen-bond donors (Lipinski definition) is 1. The van der Waals surface area contributed by atoms with Gasteiger partial charge in [-0.25, -0.2) is 0 Å². The third-order valence-electron chi connectivity index (χ3n) is 4.05. The second kappa shape index (κ2) is 5.68. The van der Waals surface area contributed by atoms with E-state index in [0.29, 0.717) is 6.04 Å². The fourth-order valence-corrected chi connectivity index (χ4v) is 2.97. The average molecular weight is 255 g/mol. The molecule has 1 saturated heterocycles. The standard InChI is InChI=1S/C16H21N3/c17-10-15-6-3-4-8-19(15)12-13-9-14-5-1-2-7-16(14)18-11-13/h1-2,5,7,9,11,15H,3-4,6,8,10,12,17H2. The van der Waals surface area contributed by atoms with Gasteiger partial charge in [0.2, 0.25) is 0 Å². The maximum Gasteiger partial charge on any atom is 0.0702 e. The molecular formula is C16H21N3. The number of nitrogens with zero attached hydrogens (tertiary/aromatic N) is 2. The number of likely N-dealkylation sites (tertiary alicyclic amines) is 1. The molecule has 1 aliphatic rings. The zero-order chi connectivity index (χ0) is 13.1. The van der Waals surface area contributed by atoms with Crippen LogP contribution >= 0.6 is 0 Å². The summed E-state index contributed by atoms with van der Waals surface area (Å²) in [5, 5.41) is 1.22. The molecule has 1 aliphatic heterocycles. The second-order valence-corrected chi connectivity index (χ2v) is 5.39. The van der Waals surface area contributed by atoms with Gasteiger partial charge in [0.1, 0.15) is 0 Å². The molecule has 2 N–H and O–H groups in total. The van der Waals surface area contributed by atoms with Crippen molar-refractivity contribution in [2.24, 2.45) is 5.73 Å². The van der Waals surface area contributed by atoms with Crippen molar-refractivity contribution in [1.82, 2.24) is 9.88 Å². The lowest BCUT2D eigenvalue weighted by Crippen LogP contribution is -2.43. The van der Waals surface area contributed by atoms with Crippen molar-refractivity contribution in [1.29, 1.82) is 0 Å². The van der Waals surface area contributed by atoms with Crippen molar-refractivity contribution < 1.29 is 0 Å². The molecule has 0 amide bonds. The summed E-state index contributed by atoms with van der Waals surface area (Å²) < 4.78 is 0. The fourth-order valence-electron chi connectivity index (χ4n) is 2.97. The number of benzene rings is 1. The summed E-state index contributed by atoms with van der Waals surface area (Å²) in [6.45, 7) is 2.90. The summed E-state index contributed by atoms with van der Waals surface area (Å²) >= 11 is 0. The van der Waals surface area contributed by atoms with Crippen LogP contribution in [-0.4, -0.2) is 29.0 Å². The summed E-state index contributed by atoms with van der Waals surface area (Å²) in [5.41, 5.74) is 8.24. The van der Waals surface area contributed by atoms with E-state index in [2.05, 4.69) is 34.1 Å². The van der Waals surface area contributed by atoms with Crippen LogP contribution < -0.4 is 5.73 Å². The van der Waals surface area contributed by atoms with E-state index in [0.717, 1.165) is 25.2 Å². The minimum atomic E-state index is 0.542. The first-order chi connectivity index (χ1) is 9.36. The van der Waals surface area contributed by atoms with Gasteiger partial charge < -0.3 is 5.73 Å². The van der Waals surface area contributed by atoms with Crippen molar-refractivity contribution >= 4 is 10.9 Å². The first-order valence-corrected chi connectivity index (χ1v) is 7.14. The van der Waals surface area contributed by atoms with Gasteiger partial charge in [-0.15, -0.1) is 0 Å². The lowest BCUT2D eigenvalue weighted by atomic mass is 10.0. The highest BCUT2D eigenvalue weighted by Gasteiger charge is 2.20. The molecule has 1 aromatic carbocycles. The van der Waals surface area contributed by atoms with Crippen molar-refractivity contribution in [3.63, 3.8) is 0 Å². The van der Waals surface area contributed by atoms with E-state index < -0.39 is 0 Å². The Morgan fingerprint density at radius 1 is 1.26 bits per heavy atom. The Morgan fingerprint density at radius 3 is 3.05 bits per heavy atom. The summed E-state index contributed by atoms with van der Waals surface area (Å²) in [5.74, 6) is 0. The largest absolute Gasteiger partial charge is 0.329 e. The highest BCUT2D eigenvalue weighted by molar-refractivity contribution is 5.78. The van der Waals surface area contributed by atoms with E-state index >= 15 is 0 Å². The van der Waals surface area contributed by atoms with E-state index in [4.69, 9.17) is 5.73 Å². The second-order valence-electron chi connectivity index (χ2n) is 5.39. The van der Waals surface area contributed by atoms with Crippen molar-refractivity contribution in [2.75, 3.05) is 13.1 Å². The van der Waals surface area contributed by atoms with Crippen LogP contribution in [0.1, 0.15) is 24.8 Å². The summed E-state index contributed by atoms with van der Waals surface area (Å²) in [6, 6.07) is 11.1. The maximum absolute atomic E-state index is 5.88. The molecule has 0 spiro atoms. The van der Waals surface area contributed by atoms with Gasteiger partial charge in [-0.05, 0) is 37.1 Å². The number of rotatable bonds is 3. The zero-order valence-electron chi connectivity index (χ0n) is 11.3. The van der Waals surface area contributed by atoms with Crippen LogP contribution in [0.5, 0.6) is 0 Å². The van der Waals surface area contributed by atoms with Gasteiger partial charge >= 0.3 is 0 Å². The topological polar surface area (TPSA) is 42.1 Å². The van der Waals surface area contributed by atoms with Gasteiger partial charge in [0, 0.05) is 30.7 Å². The molecule has 0 saturated carbocycles. The number of fused-ring (bicyclic) bond motifs is 1. The van der Waals surface area contributed by atoms with E-state index in [-0.39, 0.29) is 0 Å². The van der Waals surface area contributed by atoms with Gasteiger partial charge in [-0.2, -0.15) is 0 Å². The number of pyridine rings is 1. The molecule has 1 atom stereocenters. The van der Waals surface area contributed by atoms with Crippen molar-refractivity contribution in [2.45, 2.75) is 31.8 Å². The first kappa shape index (κ1) is 12.6.